The second-order valence-electron chi connectivity index (χ2n) is 5.43. The fraction of sp³-hybridized carbons (Fsp3) is 0.769. The average molecular weight is 284 g/mol. The molecular weight excluding hydrogens is 266 g/mol. The van der Waals surface area contributed by atoms with Crippen molar-refractivity contribution < 1.29 is 9.53 Å². The largest absolute Gasteiger partial charge is 0.461 e. The predicted molar refractivity (Wildman–Crippen MR) is 70.0 cm³/mol. The molecule has 6 heteroatoms. The van der Waals surface area contributed by atoms with Gasteiger partial charge in [-0.2, -0.15) is 0 Å². The lowest BCUT2D eigenvalue weighted by Gasteiger charge is -2.22. The minimum absolute atomic E-state index is 0.245. The van der Waals surface area contributed by atoms with Crippen LogP contribution >= 0.6 is 11.6 Å². The van der Waals surface area contributed by atoms with E-state index < -0.39 is 5.97 Å². The zero-order chi connectivity index (χ0) is 13.4. The maximum atomic E-state index is 11.8. The molecule has 19 heavy (non-hydrogen) atoms. The van der Waals surface area contributed by atoms with Crippen molar-refractivity contribution in [1.82, 2.24) is 15.0 Å². The number of carbonyl (C=O) groups excluding carboxylic acids is 1. The topological polar surface area (TPSA) is 57.0 Å². The van der Waals surface area contributed by atoms with Crippen LogP contribution in [0.4, 0.5) is 0 Å². The minimum Gasteiger partial charge on any atom is -0.461 e. The predicted octanol–water partition coefficient (Wildman–Crippen LogP) is 2.55. The molecule has 2 fully saturated rings. The standard InChI is InChI=1S/C13H18ClN3O2/c1-2-19-13(18)12-11(7-14)17(16-15-12)10-6-8-3-4-9(10)5-8/h8-10H,2-7H2,1H3. The SMILES string of the molecule is CCOC(=O)c1nnn(C2CC3CCC2C3)c1CCl. The summed E-state index contributed by atoms with van der Waals surface area (Å²) in [6.07, 6.45) is 5.00. The molecule has 2 aliphatic rings. The molecule has 0 N–H and O–H groups in total. The van der Waals surface area contributed by atoms with Gasteiger partial charge in [-0.05, 0) is 38.0 Å². The number of aromatic nitrogens is 3. The average Bonchev–Trinajstić information content (AvgIpc) is 3.12. The van der Waals surface area contributed by atoms with Crippen LogP contribution in [0.15, 0.2) is 0 Å². The van der Waals surface area contributed by atoms with Gasteiger partial charge in [0.1, 0.15) is 0 Å². The Morgan fingerprint density at radius 1 is 1.47 bits per heavy atom. The summed E-state index contributed by atoms with van der Waals surface area (Å²) in [6.45, 7) is 2.11. The summed E-state index contributed by atoms with van der Waals surface area (Å²) >= 11 is 5.99. The highest BCUT2D eigenvalue weighted by Crippen LogP contribution is 2.50. The molecular formula is C13H18ClN3O2. The summed E-state index contributed by atoms with van der Waals surface area (Å²) in [7, 11) is 0. The lowest BCUT2D eigenvalue weighted by atomic mass is 9.95. The van der Waals surface area contributed by atoms with Crippen LogP contribution in [-0.4, -0.2) is 27.6 Å². The van der Waals surface area contributed by atoms with Gasteiger partial charge in [-0.25, -0.2) is 9.48 Å². The molecule has 2 aliphatic carbocycles. The van der Waals surface area contributed by atoms with Gasteiger partial charge < -0.3 is 4.74 Å². The highest BCUT2D eigenvalue weighted by atomic mass is 35.5. The van der Waals surface area contributed by atoms with Gasteiger partial charge in [-0.1, -0.05) is 11.6 Å². The molecule has 1 aromatic heterocycles. The molecule has 0 saturated heterocycles. The number of ether oxygens (including phenoxy) is 1. The van der Waals surface area contributed by atoms with Crippen molar-refractivity contribution in [1.29, 1.82) is 0 Å². The van der Waals surface area contributed by atoms with Crippen LogP contribution in [-0.2, 0) is 10.6 Å². The quantitative estimate of drug-likeness (QED) is 0.629. The molecule has 5 nitrogen and oxygen atoms in total. The highest BCUT2D eigenvalue weighted by molar-refractivity contribution is 6.17. The van der Waals surface area contributed by atoms with Crippen molar-refractivity contribution in [3.05, 3.63) is 11.4 Å². The summed E-state index contributed by atoms with van der Waals surface area (Å²) in [5.74, 6) is 1.30. The second kappa shape index (κ2) is 5.12. The molecule has 3 unspecified atom stereocenters. The van der Waals surface area contributed by atoms with Crippen molar-refractivity contribution in [2.24, 2.45) is 11.8 Å². The smallest absolute Gasteiger partial charge is 0.360 e. The van der Waals surface area contributed by atoms with Gasteiger partial charge in [0.15, 0.2) is 5.69 Å². The Morgan fingerprint density at radius 2 is 2.32 bits per heavy atom. The number of carbonyl (C=O) groups is 1. The van der Waals surface area contributed by atoms with Crippen LogP contribution < -0.4 is 0 Å². The molecule has 1 heterocycles. The van der Waals surface area contributed by atoms with Crippen LogP contribution in [0.5, 0.6) is 0 Å². The monoisotopic (exact) mass is 283 g/mol. The summed E-state index contributed by atoms with van der Waals surface area (Å²) in [6, 6.07) is 0.364. The van der Waals surface area contributed by atoms with Crippen molar-refractivity contribution in [3.8, 4) is 0 Å². The van der Waals surface area contributed by atoms with Crippen molar-refractivity contribution in [2.45, 2.75) is 44.5 Å². The highest BCUT2D eigenvalue weighted by Gasteiger charge is 2.42. The van der Waals surface area contributed by atoms with Gasteiger partial charge in [-0.3, -0.25) is 0 Å². The number of nitrogens with zero attached hydrogens (tertiary/aromatic N) is 3. The van der Waals surface area contributed by atoms with E-state index in [4.69, 9.17) is 16.3 Å². The van der Waals surface area contributed by atoms with E-state index >= 15 is 0 Å². The second-order valence-corrected chi connectivity index (χ2v) is 5.69. The zero-order valence-corrected chi connectivity index (χ0v) is 11.8. The molecule has 2 bridgehead atoms. The molecule has 3 atom stereocenters. The van der Waals surface area contributed by atoms with E-state index in [2.05, 4.69) is 10.3 Å². The third-order valence-corrected chi connectivity index (χ3v) is 4.65. The van der Waals surface area contributed by atoms with E-state index in [0.29, 0.717) is 24.3 Å². The Labute approximate surface area is 117 Å². The minimum atomic E-state index is -0.424. The molecule has 104 valence electrons. The van der Waals surface area contributed by atoms with Crippen molar-refractivity contribution >= 4 is 17.6 Å². The Kier molecular flexibility index (Phi) is 3.48. The van der Waals surface area contributed by atoms with E-state index in [0.717, 1.165) is 12.3 Å². The summed E-state index contributed by atoms with van der Waals surface area (Å²) in [5, 5.41) is 8.16. The van der Waals surface area contributed by atoms with E-state index in [1.54, 1.807) is 6.92 Å². The third kappa shape index (κ3) is 2.14. The fourth-order valence-electron chi connectivity index (χ4n) is 3.57. The molecule has 0 aliphatic heterocycles. The Morgan fingerprint density at radius 3 is 2.89 bits per heavy atom. The van der Waals surface area contributed by atoms with E-state index in [-0.39, 0.29) is 11.6 Å². The maximum absolute atomic E-state index is 11.8. The third-order valence-electron chi connectivity index (χ3n) is 4.40. The zero-order valence-electron chi connectivity index (χ0n) is 11.0. The fourth-order valence-corrected chi connectivity index (χ4v) is 3.82. The van der Waals surface area contributed by atoms with Gasteiger partial charge in [0, 0.05) is 0 Å². The lowest BCUT2D eigenvalue weighted by Crippen LogP contribution is -2.20. The first kappa shape index (κ1) is 12.9. The van der Waals surface area contributed by atoms with Crippen LogP contribution in [0.3, 0.4) is 0 Å². The number of fused-ring (bicyclic) bond motifs is 2. The molecule has 3 rings (SSSR count). The number of esters is 1. The summed E-state index contributed by atoms with van der Waals surface area (Å²) < 4.78 is 6.87. The van der Waals surface area contributed by atoms with Gasteiger partial charge in [0.25, 0.3) is 0 Å². The first-order valence-electron chi connectivity index (χ1n) is 6.91. The van der Waals surface area contributed by atoms with Gasteiger partial charge in [0.2, 0.25) is 0 Å². The van der Waals surface area contributed by atoms with Gasteiger partial charge in [-0.15, -0.1) is 16.7 Å². The number of rotatable bonds is 4. The van der Waals surface area contributed by atoms with Crippen molar-refractivity contribution in [2.75, 3.05) is 6.61 Å². The summed E-state index contributed by atoms with van der Waals surface area (Å²) in [4.78, 5) is 11.8. The molecule has 1 aromatic rings. The van der Waals surface area contributed by atoms with Crippen LogP contribution in [0, 0.1) is 11.8 Å². The first-order valence-corrected chi connectivity index (χ1v) is 7.45. The van der Waals surface area contributed by atoms with Crippen LogP contribution in [0.2, 0.25) is 0 Å². The molecule has 0 amide bonds. The number of hydrogen-bond donors (Lipinski definition) is 0. The van der Waals surface area contributed by atoms with Crippen molar-refractivity contribution in [3.63, 3.8) is 0 Å². The number of halogens is 1. The Hall–Kier alpha value is -1.10. The normalized spacial score (nSPS) is 28.8. The molecule has 0 aromatic carbocycles. The maximum Gasteiger partial charge on any atom is 0.360 e. The van der Waals surface area contributed by atoms with E-state index in [9.17, 15) is 4.79 Å². The van der Waals surface area contributed by atoms with Gasteiger partial charge >= 0.3 is 5.97 Å². The lowest BCUT2D eigenvalue weighted by molar-refractivity contribution is 0.0518. The van der Waals surface area contributed by atoms with Gasteiger partial charge in [0.05, 0.1) is 24.2 Å². The van der Waals surface area contributed by atoms with Crippen LogP contribution in [0.1, 0.15) is 54.8 Å². The number of alkyl halides is 1. The summed E-state index contributed by atoms with van der Waals surface area (Å²) in [5.41, 5.74) is 0.984. The van der Waals surface area contributed by atoms with Crippen LogP contribution in [0.25, 0.3) is 0 Å². The number of hydrogen-bond acceptors (Lipinski definition) is 4. The first-order chi connectivity index (χ1) is 9.24. The van der Waals surface area contributed by atoms with E-state index in [1.807, 2.05) is 4.68 Å². The molecule has 0 spiro atoms. The Balaban J connectivity index is 1.88. The van der Waals surface area contributed by atoms with E-state index in [1.165, 1.54) is 19.3 Å². The molecule has 0 radical (unpaired) electrons. The molecule has 2 saturated carbocycles. The Bertz CT molecular complexity index is 488.